The second-order valence-corrected chi connectivity index (χ2v) is 5.44. The summed E-state index contributed by atoms with van der Waals surface area (Å²) in [5, 5.41) is 2.83. The highest BCUT2D eigenvalue weighted by Crippen LogP contribution is 2.18. The molecule has 0 radical (unpaired) electrons. The van der Waals surface area contributed by atoms with Crippen LogP contribution in [0.5, 0.6) is 0 Å². The number of methoxy groups -OCH3 is 1. The minimum atomic E-state index is -0.540. The average Bonchev–Trinajstić information content (AvgIpc) is 2.61. The fourth-order valence-electron chi connectivity index (χ4n) is 2.37. The molecule has 1 amide bonds. The van der Waals surface area contributed by atoms with Crippen molar-refractivity contribution in [3.63, 3.8) is 0 Å². The van der Waals surface area contributed by atoms with E-state index in [1.807, 2.05) is 30.3 Å². The van der Waals surface area contributed by atoms with Gasteiger partial charge in [-0.1, -0.05) is 42.5 Å². The summed E-state index contributed by atoms with van der Waals surface area (Å²) >= 11 is 0. The van der Waals surface area contributed by atoms with E-state index in [1.54, 1.807) is 12.1 Å². The van der Waals surface area contributed by atoms with Crippen LogP contribution in [0.3, 0.4) is 0 Å². The van der Waals surface area contributed by atoms with Crippen LogP contribution in [-0.2, 0) is 20.7 Å². The Bertz CT molecular complexity index is 671. The molecule has 0 saturated heterocycles. The molecule has 2 rings (SSSR count). The normalized spacial score (nSPS) is 11.6. The largest absolute Gasteiger partial charge is 0.469 e. The number of amides is 1. The number of esters is 1. The van der Waals surface area contributed by atoms with Crippen molar-refractivity contribution in [2.75, 3.05) is 7.11 Å². The summed E-state index contributed by atoms with van der Waals surface area (Å²) in [5.74, 6) is -0.976. The Morgan fingerprint density at radius 2 is 1.75 bits per heavy atom. The van der Waals surface area contributed by atoms with Crippen molar-refractivity contribution in [3.8, 4) is 0 Å². The molecule has 24 heavy (non-hydrogen) atoms. The van der Waals surface area contributed by atoms with Gasteiger partial charge in [0, 0.05) is 6.42 Å². The summed E-state index contributed by atoms with van der Waals surface area (Å²) in [4.78, 5) is 23.8. The fourth-order valence-corrected chi connectivity index (χ4v) is 2.37. The number of ether oxygens (including phenoxy) is 1. The minimum absolute atomic E-state index is 0.000784. The maximum absolute atomic E-state index is 13.1. The number of nitrogens with one attached hydrogen (secondary N) is 1. The van der Waals surface area contributed by atoms with Gasteiger partial charge in [-0.2, -0.15) is 0 Å². The second kappa shape index (κ2) is 8.82. The molecule has 2 aromatic rings. The molecular formula is C19H20FNO3. The molecule has 126 valence electrons. The van der Waals surface area contributed by atoms with Gasteiger partial charge in [0.1, 0.15) is 5.82 Å². The minimum Gasteiger partial charge on any atom is -0.469 e. The maximum Gasteiger partial charge on any atom is 0.307 e. The van der Waals surface area contributed by atoms with Crippen LogP contribution in [-0.4, -0.2) is 19.0 Å². The predicted octanol–water partition coefficient (Wildman–Crippen LogP) is 3.18. The quantitative estimate of drug-likeness (QED) is 0.794. The lowest BCUT2D eigenvalue weighted by atomic mass is 10.0. The van der Waals surface area contributed by atoms with Gasteiger partial charge in [-0.3, -0.25) is 9.59 Å². The maximum atomic E-state index is 13.1. The van der Waals surface area contributed by atoms with Gasteiger partial charge in [0.25, 0.3) is 0 Å². The Morgan fingerprint density at radius 1 is 1.08 bits per heavy atom. The van der Waals surface area contributed by atoms with Crippen LogP contribution in [0.2, 0.25) is 0 Å². The third-order valence-corrected chi connectivity index (χ3v) is 3.69. The summed E-state index contributed by atoms with van der Waals surface area (Å²) in [6.45, 7) is 0. The number of aryl methyl sites for hydroxylation is 1. The van der Waals surface area contributed by atoms with Gasteiger partial charge in [0.05, 0.1) is 19.6 Å². The van der Waals surface area contributed by atoms with Crippen molar-refractivity contribution in [1.29, 1.82) is 0 Å². The Balaban J connectivity index is 2.00. The number of benzene rings is 2. The summed E-state index contributed by atoms with van der Waals surface area (Å²) in [5.41, 5.74) is 1.73. The Morgan fingerprint density at radius 3 is 2.38 bits per heavy atom. The van der Waals surface area contributed by atoms with E-state index >= 15 is 0 Å². The first-order chi connectivity index (χ1) is 11.6. The summed E-state index contributed by atoms with van der Waals surface area (Å²) in [6, 6.07) is 14.9. The molecule has 0 bridgehead atoms. The lowest BCUT2D eigenvalue weighted by Gasteiger charge is -2.18. The topological polar surface area (TPSA) is 55.4 Å². The predicted molar refractivity (Wildman–Crippen MR) is 88.7 cm³/mol. The number of hydrogen-bond acceptors (Lipinski definition) is 3. The SMILES string of the molecule is COC(=O)C[C@H](NC(=O)CCc1ccccc1)c1ccc(F)cc1. The van der Waals surface area contributed by atoms with Crippen LogP contribution in [0, 0.1) is 5.82 Å². The summed E-state index contributed by atoms with van der Waals surface area (Å²) in [6.07, 6.45) is 0.920. The Hall–Kier alpha value is -2.69. The van der Waals surface area contributed by atoms with Crippen LogP contribution in [0.4, 0.5) is 4.39 Å². The molecule has 1 atom stereocenters. The average molecular weight is 329 g/mol. The third-order valence-electron chi connectivity index (χ3n) is 3.69. The van der Waals surface area contributed by atoms with E-state index < -0.39 is 12.0 Å². The number of rotatable bonds is 7. The zero-order valence-electron chi connectivity index (χ0n) is 13.5. The van der Waals surface area contributed by atoms with Crippen LogP contribution < -0.4 is 5.32 Å². The first-order valence-electron chi connectivity index (χ1n) is 7.74. The van der Waals surface area contributed by atoms with Crippen LogP contribution >= 0.6 is 0 Å². The molecule has 0 heterocycles. The van der Waals surface area contributed by atoms with Gasteiger partial charge >= 0.3 is 5.97 Å². The molecule has 0 aliphatic heterocycles. The van der Waals surface area contributed by atoms with Crippen molar-refractivity contribution in [2.45, 2.75) is 25.3 Å². The summed E-state index contributed by atoms with van der Waals surface area (Å²) in [7, 11) is 1.29. The van der Waals surface area contributed by atoms with Crippen molar-refractivity contribution < 1.29 is 18.7 Å². The highest BCUT2D eigenvalue weighted by atomic mass is 19.1. The molecule has 2 aromatic carbocycles. The highest BCUT2D eigenvalue weighted by molar-refractivity contribution is 5.78. The standard InChI is InChI=1S/C19H20FNO3/c1-24-19(23)13-17(15-8-10-16(20)11-9-15)21-18(22)12-7-14-5-3-2-4-6-14/h2-6,8-11,17H,7,12-13H2,1H3,(H,21,22)/t17-/m0/s1. The first kappa shape index (κ1) is 17.7. The number of carbonyl (C=O) groups excluding carboxylic acids is 2. The molecule has 0 unspecified atom stereocenters. The van der Waals surface area contributed by atoms with Crippen molar-refractivity contribution in [1.82, 2.24) is 5.32 Å². The van der Waals surface area contributed by atoms with E-state index in [0.717, 1.165) is 5.56 Å². The number of hydrogen-bond donors (Lipinski definition) is 1. The molecule has 0 saturated carbocycles. The van der Waals surface area contributed by atoms with Crippen molar-refractivity contribution in [2.24, 2.45) is 0 Å². The van der Waals surface area contributed by atoms with Crippen LogP contribution in [0.15, 0.2) is 54.6 Å². The van der Waals surface area contributed by atoms with E-state index in [-0.39, 0.29) is 18.1 Å². The lowest BCUT2D eigenvalue weighted by Crippen LogP contribution is -2.30. The zero-order valence-corrected chi connectivity index (χ0v) is 13.5. The fraction of sp³-hybridized carbons (Fsp3) is 0.263. The number of carbonyl (C=O) groups is 2. The molecule has 5 heteroatoms. The lowest BCUT2D eigenvalue weighted by molar-refractivity contribution is -0.141. The Kier molecular flexibility index (Phi) is 6.49. The molecule has 0 aliphatic carbocycles. The van der Waals surface area contributed by atoms with Crippen LogP contribution in [0.1, 0.15) is 30.0 Å². The smallest absolute Gasteiger partial charge is 0.307 e. The van der Waals surface area contributed by atoms with E-state index in [9.17, 15) is 14.0 Å². The molecule has 0 fully saturated rings. The third kappa shape index (κ3) is 5.50. The van der Waals surface area contributed by atoms with Gasteiger partial charge in [0.2, 0.25) is 5.91 Å². The van der Waals surface area contributed by atoms with Gasteiger partial charge in [-0.25, -0.2) is 4.39 Å². The zero-order chi connectivity index (χ0) is 17.4. The van der Waals surface area contributed by atoms with E-state index in [0.29, 0.717) is 18.4 Å². The molecule has 1 N–H and O–H groups in total. The van der Waals surface area contributed by atoms with Crippen LogP contribution in [0.25, 0.3) is 0 Å². The molecule has 0 aromatic heterocycles. The van der Waals surface area contributed by atoms with Gasteiger partial charge in [0.15, 0.2) is 0 Å². The van der Waals surface area contributed by atoms with E-state index in [2.05, 4.69) is 10.1 Å². The van der Waals surface area contributed by atoms with Gasteiger partial charge in [-0.05, 0) is 29.7 Å². The highest BCUT2D eigenvalue weighted by Gasteiger charge is 2.19. The van der Waals surface area contributed by atoms with E-state index in [1.165, 1.54) is 19.2 Å². The monoisotopic (exact) mass is 329 g/mol. The second-order valence-electron chi connectivity index (χ2n) is 5.44. The molecular weight excluding hydrogens is 309 g/mol. The van der Waals surface area contributed by atoms with Gasteiger partial charge < -0.3 is 10.1 Å². The molecule has 4 nitrogen and oxygen atoms in total. The van der Waals surface area contributed by atoms with Crippen molar-refractivity contribution in [3.05, 3.63) is 71.5 Å². The first-order valence-corrected chi connectivity index (χ1v) is 7.74. The van der Waals surface area contributed by atoms with Gasteiger partial charge in [-0.15, -0.1) is 0 Å². The Labute approximate surface area is 140 Å². The van der Waals surface area contributed by atoms with Crippen molar-refractivity contribution >= 4 is 11.9 Å². The summed E-state index contributed by atoms with van der Waals surface area (Å²) < 4.78 is 17.7. The number of halogens is 1. The van der Waals surface area contributed by atoms with E-state index in [4.69, 9.17) is 0 Å². The molecule has 0 aliphatic rings. The molecule has 0 spiro atoms.